The molecule has 2 heterocycles. The zero-order valence-corrected chi connectivity index (χ0v) is 15.7. The lowest BCUT2D eigenvalue weighted by Gasteiger charge is -2.10. The fourth-order valence-electron chi connectivity index (χ4n) is 2.46. The van der Waals surface area contributed by atoms with Crippen molar-refractivity contribution >= 4 is 17.7 Å². The summed E-state index contributed by atoms with van der Waals surface area (Å²) in [5.74, 6) is 1.50. The van der Waals surface area contributed by atoms with Crippen molar-refractivity contribution in [3.8, 4) is 17.3 Å². The standard InChI is InChI=1S/C20H21N5O3/c1-3-11-28-17-8-6-15(12-18(17)27-2)7-9-19(26)24-16-5-4-10-22-20(16)25-14-21-13-23-25/h4-10,12-14H,3,11H2,1-2H3,(H,24,26)/b9-7+. The van der Waals surface area contributed by atoms with Gasteiger partial charge in [0, 0.05) is 12.3 Å². The van der Waals surface area contributed by atoms with Crippen LogP contribution in [0.25, 0.3) is 11.9 Å². The highest BCUT2D eigenvalue weighted by Crippen LogP contribution is 2.28. The molecule has 1 N–H and O–H groups in total. The number of hydrogen-bond donors (Lipinski definition) is 1. The molecule has 0 aliphatic carbocycles. The topological polar surface area (TPSA) is 91.2 Å². The molecule has 0 saturated heterocycles. The normalized spacial score (nSPS) is 10.8. The van der Waals surface area contributed by atoms with Crippen LogP contribution in [0, 0.1) is 0 Å². The predicted octanol–water partition coefficient (Wildman–Crippen LogP) is 3.11. The average Bonchev–Trinajstić information content (AvgIpc) is 3.26. The van der Waals surface area contributed by atoms with E-state index < -0.39 is 0 Å². The lowest BCUT2D eigenvalue weighted by atomic mass is 10.2. The second kappa shape index (κ2) is 9.31. The van der Waals surface area contributed by atoms with Crippen LogP contribution in [0.4, 0.5) is 5.69 Å². The molecule has 0 radical (unpaired) electrons. The van der Waals surface area contributed by atoms with Crippen LogP contribution in [0.15, 0.2) is 55.3 Å². The number of pyridine rings is 1. The van der Waals surface area contributed by atoms with E-state index in [1.165, 1.54) is 23.4 Å². The van der Waals surface area contributed by atoms with Gasteiger partial charge in [-0.1, -0.05) is 13.0 Å². The van der Waals surface area contributed by atoms with Crippen molar-refractivity contribution in [2.75, 3.05) is 19.0 Å². The first-order valence-corrected chi connectivity index (χ1v) is 8.81. The van der Waals surface area contributed by atoms with Crippen LogP contribution in [-0.2, 0) is 4.79 Å². The lowest BCUT2D eigenvalue weighted by Crippen LogP contribution is -2.12. The quantitative estimate of drug-likeness (QED) is 0.605. The molecule has 1 amide bonds. The third-order valence-electron chi connectivity index (χ3n) is 3.76. The highest BCUT2D eigenvalue weighted by molar-refractivity contribution is 6.02. The number of nitrogens with zero attached hydrogens (tertiary/aromatic N) is 4. The van der Waals surface area contributed by atoms with Crippen LogP contribution in [0.1, 0.15) is 18.9 Å². The Morgan fingerprint density at radius 1 is 1.29 bits per heavy atom. The molecule has 1 aromatic carbocycles. The number of carbonyl (C=O) groups is 1. The maximum Gasteiger partial charge on any atom is 0.248 e. The van der Waals surface area contributed by atoms with Gasteiger partial charge in [-0.25, -0.2) is 14.6 Å². The molecule has 3 aromatic rings. The number of nitrogens with one attached hydrogen (secondary N) is 1. The molecule has 0 saturated carbocycles. The molecular weight excluding hydrogens is 358 g/mol. The number of carbonyl (C=O) groups excluding carboxylic acids is 1. The van der Waals surface area contributed by atoms with E-state index in [-0.39, 0.29) is 5.91 Å². The maximum atomic E-state index is 12.3. The molecule has 0 fully saturated rings. The summed E-state index contributed by atoms with van der Waals surface area (Å²) in [6.45, 7) is 2.66. The van der Waals surface area contributed by atoms with E-state index in [1.807, 2.05) is 25.1 Å². The predicted molar refractivity (Wildman–Crippen MR) is 106 cm³/mol. The Labute approximate surface area is 162 Å². The van der Waals surface area contributed by atoms with Gasteiger partial charge in [0.2, 0.25) is 5.91 Å². The van der Waals surface area contributed by atoms with Gasteiger partial charge in [-0.3, -0.25) is 4.79 Å². The van der Waals surface area contributed by atoms with E-state index >= 15 is 0 Å². The van der Waals surface area contributed by atoms with Crippen molar-refractivity contribution in [1.29, 1.82) is 0 Å². The minimum Gasteiger partial charge on any atom is -0.493 e. The molecule has 28 heavy (non-hydrogen) atoms. The summed E-state index contributed by atoms with van der Waals surface area (Å²) in [5.41, 5.74) is 1.35. The molecule has 0 spiro atoms. The third-order valence-corrected chi connectivity index (χ3v) is 3.76. The average molecular weight is 379 g/mol. The first-order valence-electron chi connectivity index (χ1n) is 8.81. The molecular formula is C20H21N5O3. The molecule has 2 aromatic heterocycles. The fourth-order valence-corrected chi connectivity index (χ4v) is 2.46. The van der Waals surface area contributed by atoms with Crippen molar-refractivity contribution in [3.05, 3.63) is 60.8 Å². The Bertz CT molecular complexity index is 954. The third kappa shape index (κ3) is 4.73. The van der Waals surface area contributed by atoms with Crippen molar-refractivity contribution in [1.82, 2.24) is 19.7 Å². The van der Waals surface area contributed by atoms with Crippen molar-refractivity contribution in [2.24, 2.45) is 0 Å². The van der Waals surface area contributed by atoms with Gasteiger partial charge in [-0.2, -0.15) is 5.10 Å². The Morgan fingerprint density at radius 2 is 2.18 bits per heavy atom. The molecule has 8 heteroatoms. The number of amides is 1. The van der Waals surface area contributed by atoms with Crippen LogP contribution in [0.3, 0.4) is 0 Å². The summed E-state index contributed by atoms with van der Waals surface area (Å²) in [4.78, 5) is 20.5. The molecule has 0 unspecified atom stereocenters. The molecule has 0 aliphatic heterocycles. The van der Waals surface area contributed by atoms with Crippen molar-refractivity contribution in [2.45, 2.75) is 13.3 Å². The summed E-state index contributed by atoms with van der Waals surface area (Å²) in [6.07, 6.45) is 8.60. The van der Waals surface area contributed by atoms with Gasteiger partial charge in [0.25, 0.3) is 0 Å². The number of anilines is 1. The Kier molecular flexibility index (Phi) is 6.35. The smallest absolute Gasteiger partial charge is 0.248 e. The number of rotatable bonds is 8. The lowest BCUT2D eigenvalue weighted by molar-refractivity contribution is -0.111. The summed E-state index contributed by atoms with van der Waals surface area (Å²) < 4.78 is 12.5. The number of hydrogen-bond acceptors (Lipinski definition) is 6. The van der Waals surface area contributed by atoms with Gasteiger partial charge in [0.1, 0.15) is 12.7 Å². The molecule has 3 rings (SSSR count). The maximum absolute atomic E-state index is 12.3. The second-order valence-electron chi connectivity index (χ2n) is 5.80. The summed E-state index contributed by atoms with van der Waals surface area (Å²) in [6, 6.07) is 9.00. The first kappa shape index (κ1) is 19.1. The van der Waals surface area contributed by atoms with Gasteiger partial charge in [-0.05, 0) is 42.3 Å². The van der Waals surface area contributed by atoms with E-state index in [9.17, 15) is 4.79 Å². The highest BCUT2D eigenvalue weighted by Gasteiger charge is 2.09. The van der Waals surface area contributed by atoms with E-state index in [1.54, 1.807) is 31.5 Å². The van der Waals surface area contributed by atoms with Crippen LogP contribution in [0.2, 0.25) is 0 Å². The van der Waals surface area contributed by atoms with Crippen LogP contribution >= 0.6 is 0 Å². The second-order valence-corrected chi connectivity index (χ2v) is 5.80. The van der Waals surface area contributed by atoms with E-state index in [4.69, 9.17) is 9.47 Å². The van der Waals surface area contributed by atoms with Crippen LogP contribution in [-0.4, -0.2) is 39.4 Å². The largest absolute Gasteiger partial charge is 0.493 e. The summed E-state index contributed by atoms with van der Waals surface area (Å²) in [5, 5.41) is 6.85. The van der Waals surface area contributed by atoms with Crippen molar-refractivity contribution in [3.63, 3.8) is 0 Å². The zero-order chi connectivity index (χ0) is 19.8. The molecule has 8 nitrogen and oxygen atoms in total. The van der Waals surface area contributed by atoms with Gasteiger partial charge >= 0.3 is 0 Å². The molecule has 0 aliphatic rings. The number of ether oxygens (including phenoxy) is 2. The number of methoxy groups -OCH3 is 1. The monoisotopic (exact) mass is 379 g/mol. The van der Waals surface area contributed by atoms with Crippen LogP contribution < -0.4 is 14.8 Å². The minimum absolute atomic E-state index is 0.292. The van der Waals surface area contributed by atoms with E-state index in [2.05, 4.69) is 20.4 Å². The number of benzene rings is 1. The number of aromatic nitrogens is 4. The molecule has 0 bridgehead atoms. The van der Waals surface area contributed by atoms with Crippen molar-refractivity contribution < 1.29 is 14.3 Å². The molecule has 0 atom stereocenters. The minimum atomic E-state index is -0.292. The van der Waals surface area contributed by atoms with Crippen LogP contribution in [0.5, 0.6) is 11.5 Å². The SMILES string of the molecule is CCCOc1ccc(/C=C/C(=O)Nc2cccnc2-n2cncn2)cc1OC. The van der Waals surface area contributed by atoms with Gasteiger partial charge < -0.3 is 14.8 Å². The van der Waals surface area contributed by atoms with Gasteiger partial charge in [0.15, 0.2) is 17.3 Å². The Hall–Kier alpha value is -3.68. The highest BCUT2D eigenvalue weighted by atomic mass is 16.5. The Balaban J connectivity index is 1.71. The van der Waals surface area contributed by atoms with E-state index in [0.717, 1.165) is 12.0 Å². The molecule has 144 valence electrons. The first-order chi connectivity index (χ1) is 13.7. The zero-order valence-electron chi connectivity index (χ0n) is 15.7. The van der Waals surface area contributed by atoms with Gasteiger partial charge in [-0.15, -0.1) is 0 Å². The Morgan fingerprint density at radius 3 is 2.93 bits per heavy atom. The summed E-state index contributed by atoms with van der Waals surface area (Å²) in [7, 11) is 1.59. The van der Waals surface area contributed by atoms with E-state index in [0.29, 0.717) is 29.6 Å². The fraction of sp³-hybridized carbons (Fsp3) is 0.200. The summed E-state index contributed by atoms with van der Waals surface area (Å²) >= 11 is 0. The van der Waals surface area contributed by atoms with Gasteiger partial charge in [0.05, 0.1) is 19.4 Å².